The first-order chi connectivity index (χ1) is 5.41. The molecule has 1 aromatic carbocycles. The molecule has 0 bridgehead atoms. The molecule has 0 aliphatic heterocycles. The van der Waals surface area contributed by atoms with Crippen LogP contribution in [0.1, 0.15) is 11.1 Å². The summed E-state index contributed by atoms with van der Waals surface area (Å²) in [4.78, 5) is 9.90. The Kier molecular flexibility index (Phi) is 2.40. The van der Waals surface area contributed by atoms with E-state index in [0.29, 0.717) is 0 Å². The Morgan fingerprint density at radius 2 is 1.75 bits per heavy atom. The van der Waals surface area contributed by atoms with Gasteiger partial charge in [0.2, 0.25) is 8.32 Å². The molecule has 0 spiro atoms. The van der Waals surface area contributed by atoms with E-state index in [0.717, 1.165) is 5.19 Å². The Morgan fingerprint density at radius 1 is 1.17 bits per heavy atom. The highest BCUT2D eigenvalue weighted by Crippen LogP contribution is 2.06. The van der Waals surface area contributed by atoms with E-state index in [1.54, 1.807) is 0 Å². The van der Waals surface area contributed by atoms with Crippen molar-refractivity contribution in [1.29, 1.82) is 0 Å². The minimum Gasteiger partial charge on any atom is -0.428 e. The monoisotopic (exact) mass is 180 g/mol. The maximum Gasteiger partial charge on any atom is 0.214 e. The normalized spacial score (nSPS) is 11.8. The Morgan fingerprint density at radius 3 is 2.17 bits per heavy atom. The molecule has 0 aliphatic rings. The summed E-state index contributed by atoms with van der Waals surface area (Å²) >= 11 is 0. The van der Waals surface area contributed by atoms with Crippen molar-refractivity contribution in [3.8, 4) is 0 Å². The highest BCUT2D eigenvalue weighted by molar-refractivity contribution is 6.83. The summed E-state index contributed by atoms with van der Waals surface area (Å²) in [5.74, 6) is 0. The van der Waals surface area contributed by atoms with Gasteiger partial charge >= 0.3 is 0 Å². The average molecular weight is 180 g/mol. The highest BCUT2D eigenvalue weighted by atomic mass is 28.4. The third kappa shape index (κ3) is 1.96. The molecule has 1 aromatic rings. The van der Waals surface area contributed by atoms with Crippen molar-refractivity contribution < 1.29 is 4.80 Å². The summed E-state index contributed by atoms with van der Waals surface area (Å²) in [6.45, 7) is 8.03. The molecule has 0 saturated carbocycles. The lowest BCUT2D eigenvalue weighted by molar-refractivity contribution is 0.568. The molecule has 2 heteroatoms. The van der Waals surface area contributed by atoms with Crippen LogP contribution in [0.3, 0.4) is 0 Å². The Labute approximate surface area is 75.2 Å². The van der Waals surface area contributed by atoms with Crippen LogP contribution in [-0.2, 0) is 0 Å². The molecule has 1 rings (SSSR count). The number of benzene rings is 1. The van der Waals surface area contributed by atoms with Gasteiger partial charge in [-0.15, -0.1) is 0 Å². The molecule has 0 saturated heterocycles. The van der Waals surface area contributed by atoms with Gasteiger partial charge in [-0.1, -0.05) is 23.8 Å². The number of hydrogen-bond acceptors (Lipinski definition) is 1. The van der Waals surface area contributed by atoms with E-state index in [-0.39, 0.29) is 0 Å². The fourth-order valence-corrected chi connectivity index (χ4v) is 3.03. The maximum absolute atomic E-state index is 9.90. The zero-order valence-corrected chi connectivity index (χ0v) is 9.18. The smallest absolute Gasteiger partial charge is 0.214 e. The van der Waals surface area contributed by atoms with Gasteiger partial charge in [0.25, 0.3) is 0 Å². The molecule has 0 aromatic heterocycles. The molecular weight excluding hydrogens is 164 g/mol. The van der Waals surface area contributed by atoms with Crippen molar-refractivity contribution >= 4 is 13.5 Å². The van der Waals surface area contributed by atoms with Gasteiger partial charge < -0.3 is 4.80 Å². The Bertz CT molecular complexity index is 286. The van der Waals surface area contributed by atoms with Crippen molar-refractivity contribution in [3.63, 3.8) is 0 Å². The van der Waals surface area contributed by atoms with Gasteiger partial charge in [0.15, 0.2) is 0 Å². The van der Waals surface area contributed by atoms with Crippen LogP contribution in [-0.4, -0.2) is 13.1 Å². The molecule has 12 heavy (non-hydrogen) atoms. The van der Waals surface area contributed by atoms with E-state index in [1.165, 1.54) is 11.1 Å². The molecule has 0 fully saturated rings. The molecule has 0 heterocycles. The first kappa shape index (κ1) is 9.48. The molecule has 0 aliphatic carbocycles. The van der Waals surface area contributed by atoms with Gasteiger partial charge in [-0.25, -0.2) is 0 Å². The second-order valence-corrected chi connectivity index (χ2v) is 7.53. The Hall–Kier alpha value is -0.603. The second-order valence-electron chi connectivity index (χ2n) is 3.88. The van der Waals surface area contributed by atoms with Crippen molar-refractivity contribution in [3.05, 3.63) is 29.3 Å². The third-order valence-electron chi connectivity index (χ3n) is 2.04. The summed E-state index contributed by atoms with van der Waals surface area (Å²) < 4.78 is 0. The van der Waals surface area contributed by atoms with Gasteiger partial charge in [-0.3, -0.25) is 0 Å². The quantitative estimate of drug-likeness (QED) is 0.652. The summed E-state index contributed by atoms with van der Waals surface area (Å²) in [5.41, 5.74) is 2.48. The molecule has 0 atom stereocenters. The number of rotatable bonds is 1. The summed E-state index contributed by atoms with van der Waals surface area (Å²) in [7, 11) is -2.10. The van der Waals surface area contributed by atoms with E-state index in [2.05, 4.69) is 32.0 Å². The zero-order chi connectivity index (χ0) is 9.35. The van der Waals surface area contributed by atoms with Crippen molar-refractivity contribution in [1.82, 2.24) is 0 Å². The Balaban J connectivity index is 3.19. The fourth-order valence-electron chi connectivity index (χ4n) is 1.50. The predicted molar refractivity (Wildman–Crippen MR) is 55.3 cm³/mol. The zero-order valence-electron chi connectivity index (χ0n) is 8.18. The summed E-state index contributed by atoms with van der Waals surface area (Å²) in [6, 6.07) is 6.24. The van der Waals surface area contributed by atoms with Crippen LogP contribution in [0.15, 0.2) is 18.2 Å². The predicted octanol–water partition coefficient (Wildman–Crippen LogP) is 1.71. The molecule has 0 amide bonds. The molecule has 1 nitrogen and oxygen atoms in total. The van der Waals surface area contributed by atoms with Crippen LogP contribution in [0.5, 0.6) is 0 Å². The van der Waals surface area contributed by atoms with Crippen LogP contribution >= 0.6 is 0 Å². The lowest BCUT2D eigenvalue weighted by Gasteiger charge is -2.17. The van der Waals surface area contributed by atoms with E-state index in [4.69, 9.17) is 0 Å². The van der Waals surface area contributed by atoms with E-state index in [1.807, 2.05) is 13.1 Å². The minimum atomic E-state index is -2.10. The first-order valence-corrected chi connectivity index (χ1v) is 7.16. The fraction of sp³-hybridized carbons (Fsp3) is 0.400. The summed E-state index contributed by atoms with van der Waals surface area (Å²) in [6.07, 6.45) is 0. The van der Waals surface area contributed by atoms with Crippen LogP contribution < -0.4 is 5.19 Å². The van der Waals surface area contributed by atoms with Crippen LogP contribution in [0.25, 0.3) is 0 Å². The van der Waals surface area contributed by atoms with Crippen molar-refractivity contribution in [2.45, 2.75) is 26.9 Å². The number of aryl methyl sites for hydroxylation is 2. The van der Waals surface area contributed by atoms with Crippen LogP contribution in [0, 0.1) is 13.8 Å². The number of hydrogen-bond donors (Lipinski definition) is 1. The summed E-state index contributed by atoms with van der Waals surface area (Å²) in [5, 5.41) is 1.15. The minimum absolute atomic E-state index is 1.15. The van der Waals surface area contributed by atoms with Crippen molar-refractivity contribution in [2.75, 3.05) is 0 Å². The molecular formula is C10H16OSi. The first-order valence-electron chi connectivity index (χ1n) is 4.21. The van der Waals surface area contributed by atoms with Crippen LogP contribution in [0.4, 0.5) is 0 Å². The average Bonchev–Trinajstić information content (AvgIpc) is 1.83. The molecule has 1 N–H and O–H groups in total. The maximum atomic E-state index is 9.90. The van der Waals surface area contributed by atoms with E-state index >= 15 is 0 Å². The highest BCUT2D eigenvalue weighted by Gasteiger charge is 2.21. The van der Waals surface area contributed by atoms with Gasteiger partial charge in [0.1, 0.15) is 0 Å². The topological polar surface area (TPSA) is 20.2 Å². The lowest BCUT2D eigenvalue weighted by atomic mass is 10.2. The standard InChI is InChI=1S/C10H16OSi/c1-8-5-6-10(9(2)7-8)12(3,4)11/h5-7,11H,1-4H3. The van der Waals surface area contributed by atoms with Gasteiger partial charge in [0, 0.05) is 0 Å². The van der Waals surface area contributed by atoms with E-state index in [9.17, 15) is 4.80 Å². The van der Waals surface area contributed by atoms with Gasteiger partial charge in [-0.05, 0) is 37.7 Å². The van der Waals surface area contributed by atoms with Crippen molar-refractivity contribution in [2.24, 2.45) is 0 Å². The third-order valence-corrected chi connectivity index (χ3v) is 3.92. The molecule has 0 radical (unpaired) electrons. The molecule has 66 valence electrons. The largest absolute Gasteiger partial charge is 0.428 e. The molecule has 0 unspecified atom stereocenters. The van der Waals surface area contributed by atoms with Gasteiger partial charge in [-0.2, -0.15) is 0 Å². The van der Waals surface area contributed by atoms with Gasteiger partial charge in [0.05, 0.1) is 0 Å². The second kappa shape index (κ2) is 3.03. The lowest BCUT2D eigenvalue weighted by Crippen LogP contribution is -2.42. The van der Waals surface area contributed by atoms with Crippen LogP contribution in [0.2, 0.25) is 13.1 Å². The van der Waals surface area contributed by atoms with E-state index < -0.39 is 8.32 Å². The SMILES string of the molecule is Cc1ccc([Si](C)(C)O)c(C)c1.